The summed E-state index contributed by atoms with van der Waals surface area (Å²) in [5, 5.41) is 0. The van der Waals surface area contributed by atoms with E-state index in [1.807, 2.05) is 24.3 Å². The summed E-state index contributed by atoms with van der Waals surface area (Å²) in [4.78, 5) is 18.5. The van der Waals surface area contributed by atoms with Crippen LogP contribution in [-0.4, -0.2) is 54.5 Å². The van der Waals surface area contributed by atoms with Crippen molar-refractivity contribution in [3.8, 4) is 5.75 Å². The van der Waals surface area contributed by atoms with E-state index in [4.69, 9.17) is 4.74 Å². The lowest BCUT2D eigenvalue weighted by molar-refractivity contribution is 0.0443. The molecule has 0 radical (unpaired) electrons. The Morgan fingerprint density at radius 2 is 1.74 bits per heavy atom. The van der Waals surface area contributed by atoms with E-state index in [0.717, 1.165) is 50.2 Å². The molecular weight excluding hydrogens is 420 g/mol. The molecule has 4 heteroatoms. The third-order valence-corrected chi connectivity index (χ3v) is 7.89. The zero-order valence-electron chi connectivity index (χ0n) is 21.3. The Hall–Kier alpha value is -2.33. The van der Waals surface area contributed by atoms with Crippen LogP contribution in [0.4, 0.5) is 0 Å². The Morgan fingerprint density at radius 3 is 2.44 bits per heavy atom. The van der Waals surface area contributed by atoms with Crippen molar-refractivity contribution in [1.29, 1.82) is 0 Å². The second-order valence-corrected chi connectivity index (χ2v) is 10.5. The summed E-state index contributed by atoms with van der Waals surface area (Å²) in [5.74, 6) is 2.11. The van der Waals surface area contributed by atoms with Crippen LogP contribution in [0.3, 0.4) is 0 Å². The van der Waals surface area contributed by atoms with Gasteiger partial charge in [0.1, 0.15) is 5.75 Å². The van der Waals surface area contributed by atoms with Crippen molar-refractivity contribution in [2.24, 2.45) is 5.92 Å². The standard InChI is InChI=1S/C30H42N2O2/c1-23(2)16-21-32(30(33)25-12-9-13-27(22-25)34-3)26-17-19-31(20-18-26)29-15-8-7-14-28(29)24-10-5-4-6-11-24/h4-6,9-13,22-23,26,28-29H,7-8,14-21H2,1-3H3. The first kappa shape index (κ1) is 24.8. The second kappa shape index (κ2) is 11.9. The highest BCUT2D eigenvalue weighted by molar-refractivity contribution is 5.94. The van der Waals surface area contributed by atoms with Gasteiger partial charge < -0.3 is 9.64 Å². The van der Waals surface area contributed by atoms with Crippen LogP contribution in [-0.2, 0) is 0 Å². The first-order valence-corrected chi connectivity index (χ1v) is 13.3. The van der Waals surface area contributed by atoms with Crippen molar-refractivity contribution in [2.45, 2.75) is 76.8 Å². The van der Waals surface area contributed by atoms with Crippen molar-refractivity contribution >= 4 is 5.91 Å². The van der Waals surface area contributed by atoms with Gasteiger partial charge in [0, 0.05) is 37.3 Å². The van der Waals surface area contributed by atoms with Crippen molar-refractivity contribution in [1.82, 2.24) is 9.80 Å². The quantitative estimate of drug-likeness (QED) is 0.457. The molecule has 2 fully saturated rings. The number of nitrogens with zero attached hydrogens (tertiary/aromatic N) is 2. The number of carbonyl (C=O) groups excluding carboxylic acids is 1. The molecule has 2 unspecified atom stereocenters. The number of rotatable bonds is 8. The molecule has 0 bridgehead atoms. The minimum absolute atomic E-state index is 0.151. The molecule has 2 aliphatic rings. The second-order valence-electron chi connectivity index (χ2n) is 10.5. The number of hydrogen-bond acceptors (Lipinski definition) is 3. The van der Waals surface area contributed by atoms with Gasteiger partial charge in [0.2, 0.25) is 0 Å². The van der Waals surface area contributed by atoms with Crippen molar-refractivity contribution in [3.05, 3.63) is 65.7 Å². The summed E-state index contributed by atoms with van der Waals surface area (Å²) in [6, 6.07) is 19.7. The van der Waals surface area contributed by atoms with Gasteiger partial charge in [-0.15, -0.1) is 0 Å². The minimum Gasteiger partial charge on any atom is -0.497 e. The van der Waals surface area contributed by atoms with Gasteiger partial charge in [-0.1, -0.05) is 63.1 Å². The summed E-state index contributed by atoms with van der Waals surface area (Å²) in [6.07, 6.45) is 8.42. The zero-order valence-corrected chi connectivity index (χ0v) is 21.3. The largest absolute Gasteiger partial charge is 0.497 e. The SMILES string of the molecule is COc1cccc(C(=O)N(CCC(C)C)C2CCN(C3CCCCC3c3ccccc3)CC2)c1. The van der Waals surface area contributed by atoms with Gasteiger partial charge in [0.15, 0.2) is 0 Å². The Morgan fingerprint density at radius 1 is 1.00 bits per heavy atom. The number of amides is 1. The van der Waals surface area contributed by atoms with Gasteiger partial charge in [-0.3, -0.25) is 9.69 Å². The Labute approximate surface area is 206 Å². The predicted molar refractivity (Wildman–Crippen MR) is 140 cm³/mol. The van der Waals surface area contributed by atoms with Crippen LogP contribution in [0.15, 0.2) is 54.6 Å². The van der Waals surface area contributed by atoms with E-state index in [1.165, 1.54) is 31.2 Å². The Bertz CT molecular complexity index is 905. The predicted octanol–water partition coefficient (Wildman–Crippen LogP) is 6.37. The van der Waals surface area contributed by atoms with Crippen LogP contribution in [0, 0.1) is 5.92 Å². The molecule has 0 N–H and O–H groups in total. The van der Waals surface area contributed by atoms with E-state index < -0.39 is 0 Å². The maximum absolute atomic E-state index is 13.6. The normalized spacial score (nSPS) is 22.0. The summed E-state index contributed by atoms with van der Waals surface area (Å²) in [7, 11) is 1.66. The number of piperidine rings is 1. The van der Waals surface area contributed by atoms with Gasteiger partial charge in [-0.05, 0) is 67.7 Å². The van der Waals surface area contributed by atoms with Gasteiger partial charge in [-0.25, -0.2) is 0 Å². The topological polar surface area (TPSA) is 32.8 Å². The van der Waals surface area contributed by atoms with Crippen LogP contribution in [0.2, 0.25) is 0 Å². The Kier molecular flexibility index (Phi) is 8.66. The molecule has 1 aliphatic heterocycles. The highest BCUT2D eigenvalue weighted by Gasteiger charge is 2.35. The highest BCUT2D eigenvalue weighted by atomic mass is 16.5. The van der Waals surface area contributed by atoms with Crippen molar-refractivity contribution < 1.29 is 9.53 Å². The smallest absolute Gasteiger partial charge is 0.254 e. The van der Waals surface area contributed by atoms with E-state index in [1.54, 1.807) is 7.11 Å². The van der Waals surface area contributed by atoms with Crippen LogP contribution >= 0.6 is 0 Å². The molecule has 4 nitrogen and oxygen atoms in total. The molecule has 184 valence electrons. The molecule has 2 aromatic carbocycles. The van der Waals surface area contributed by atoms with E-state index in [0.29, 0.717) is 23.9 Å². The minimum atomic E-state index is 0.151. The first-order chi connectivity index (χ1) is 16.6. The van der Waals surface area contributed by atoms with E-state index in [9.17, 15) is 4.79 Å². The van der Waals surface area contributed by atoms with Crippen LogP contribution < -0.4 is 4.74 Å². The molecule has 0 spiro atoms. The number of hydrogen-bond donors (Lipinski definition) is 0. The molecule has 1 saturated carbocycles. The third kappa shape index (κ3) is 6.02. The molecule has 1 amide bonds. The monoisotopic (exact) mass is 462 g/mol. The lowest BCUT2D eigenvalue weighted by Gasteiger charge is -2.45. The molecule has 0 aromatic heterocycles. The van der Waals surface area contributed by atoms with E-state index >= 15 is 0 Å². The molecular formula is C30H42N2O2. The molecule has 1 aliphatic carbocycles. The summed E-state index contributed by atoms with van der Waals surface area (Å²) in [5.41, 5.74) is 2.24. The summed E-state index contributed by atoms with van der Waals surface area (Å²) >= 11 is 0. The van der Waals surface area contributed by atoms with Crippen LogP contribution in [0.5, 0.6) is 5.75 Å². The third-order valence-electron chi connectivity index (χ3n) is 7.89. The van der Waals surface area contributed by atoms with Gasteiger partial charge in [0.25, 0.3) is 5.91 Å². The number of benzene rings is 2. The lowest BCUT2D eigenvalue weighted by atomic mass is 9.78. The Balaban J connectivity index is 1.45. The van der Waals surface area contributed by atoms with Gasteiger partial charge in [-0.2, -0.15) is 0 Å². The molecule has 34 heavy (non-hydrogen) atoms. The lowest BCUT2D eigenvalue weighted by Crippen LogP contribution is -2.51. The maximum atomic E-state index is 13.6. The van der Waals surface area contributed by atoms with Crippen LogP contribution in [0.25, 0.3) is 0 Å². The van der Waals surface area contributed by atoms with E-state index in [-0.39, 0.29) is 5.91 Å². The van der Waals surface area contributed by atoms with Gasteiger partial charge in [0.05, 0.1) is 7.11 Å². The fourth-order valence-corrected chi connectivity index (χ4v) is 5.94. The number of likely N-dealkylation sites (tertiary alicyclic amines) is 1. The zero-order chi connectivity index (χ0) is 23.9. The average molecular weight is 463 g/mol. The van der Waals surface area contributed by atoms with Crippen molar-refractivity contribution in [3.63, 3.8) is 0 Å². The molecule has 4 rings (SSSR count). The number of carbonyl (C=O) groups is 1. The fraction of sp³-hybridized carbons (Fsp3) is 0.567. The highest BCUT2D eigenvalue weighted by Crippen LogP contribution is 2.37. The molecule has 1 heterocycles. The average Bonchev–Trinajstić information content (AvgIpc) is 2.89. The summed E-state index contributed by atoms with van der Waals surface area (Å²) < 4.78 is 5.38. The molecule has 2 aromatic rings. The molecule has 1 saturated heterocycles. The number of methoxy groups -OCH3 is 1. The van der Waals surface area contributed by atoms with E-state index in [2.05, 4.69) is 54.0 Å². The van der Waals surface area contributed by atoms with Gasteiger partial charge >= 0.3 is 0 Å². The maximum Gasteiger partial charge on any atom is 0.254 e. The summed E-state index contributed by atoms with van der Waals surface area (Å²) in [6.45, 7) is 7.48. The van der Waals surface area contributed by atoms with Crippen LogP contribution in [0.1, 0.15) is 80.6 Å². The van der Waals surface area contributed by atoms with Crippen molar-refractivity contribution in [2.75, 3.05) is 26.7 Å². The first-order valence-electron chi connectivity index (χ1n) is 13.3. The molecule has 2 atom stereocenters. The number of ether oxygens (including phenoxy) is 1. The fourth-order valence-electron chi connectivity index (χ4n) is 5.94.